The number of unbranched alkanes of at least 4 members (excludes halogenated alkanes) is 2. The zero-order chi connectivity index (χ0) is 13.5. The monoisotopic (exact) mass is 243 g/mol. The predicted molar refractivity (Wildman–Crippen MR) is 75.7 cm³/mol. The second-order valence-electron chi connectivity index (χ2n) is 4.69. The quantitative estimate of drug-likeness (QED) is 0.624. The van der Waals surface area contributed by atoms with Crippen LogP contribution in [0.1, 0.15) is 46.3 Å². The molecule has 2 nitrogen and oxygen atoms in total. The van der Waals surface area contributed by atoms with E-state index >= 15 is 0 Å². The first kappa shape index (κ1) is 14.3. The van der Waals surface area contributed by atoms with Crippen LogP contribution in [0.15, 0.2) is 12.1 Å². The summed E-state index contributed by atoms with van der Waals surface area (Å²) in [7, 11) is 0. The first-order valence-electron chi connectivity index (χ1n) is 6.35. The van der Waals surface area contributed by atoms with Crippen molar-refractivity contribution in [3.63, 3.8) is 0 Å². The van der Waals surface area contributed by atoms with Crippen molar-refractivity contribution in [1.82, 2.24) is 5.32 Å². The lowest BCUT2D eigenvalue weighted by molar-refractivity contribution is 0.0952. The molecule has 0 fully saturated rings. The summed E-state index contributed by atoms with van der Waals surface area (Å²) in [4.78, 5) is 12.1. The van der Waals surface area contributed by atoms with E-state index in [9.17, 15) is 4.79 Å². The molecule has 1 rings (SSSR count). The molecule has 96 valence electrons. The Morgan fingerprint density at radius 2 is 1.83 bits per heavy atom. The Bertz CT molecular complexity index is 445. The van der Waals surface area contributed by atoms with Crippen molar-refractivity contribution in [1.29, 1.82) is 0 Å². The van der Waals surface area contributed by atoms with Crippen LogP contribution in [0.2, 0.25) is 0 Å². The number of nitrogens with one attached hydrogen (secondary N) is 1. The van der Waals surface area contributed by atoms with Gasteiger partial charge in [0.15, 0.2) is 0 Å². The summed E-state index contributed by atoms with van der Waals surface area (Å²) < 4.78 is 0. The molecule has 1 aromatic carbocycles. The molecular formula is C16H21NO. The Morgan fingerprint density at radius 1 is 1.22 bits per heavy atom. The summed E-state index contributed by atoms with van der Waals surface area (Å²) in [5.74, 6) is 2.62. The summed E-state index contributed by atoms with van der Waals surface area (Å²) in [5, 5.41) is 2.95. The molecule has 0 heterocycles. The van der Waals surface area contributed by atoms with E-state index < -0.39 is 0 Å². The van der Waals surface area contributed by atoms with E-state index in [0.29, 0.717) is 6.54 Å². The first-order chi connectivity index (χ1) is 8.56. The highest BCUT2D eigenvalue weighted by Crippen LogP contribution is 2.16. The maximum absolute atomic E-state index is 12.1. The fraction of sp³-hybridized carbons (Fsp3) is 0.438. The smallest absolute Gasteiger partial charge is 0.251 e. The minimum absolute atomic E-state index is 0.0192. The van der Waals surface area contributed by atoms with Crippen LogP contribution in [0.4, 0.5) is 0 Å². The van der Waals surface area contributed by atoms with Gasteiger partial charge in [0, 0.05) is 18.5 Å². The molecule has 0 saturated carbocycles. The predicted octanol–water partition coefficient (Wildman–Crippen LogP) is 3.15. The van der Waals surface area contributed by atoms with Gasteiger partial charge >= 0.3 is 0 Å². The van der Waals surface area contributed by atoms with Crippen molar-refractivity contribution in [2.75, 3.05) is 6.54 Å². The largest absolute Gasteiger partial charge is 0.352 e. The summed E-state index contributed by atoms with van der Waals surface area (Å²) >= 11 is 0. The third kappa shape index (κ3) is 3.92. The van der Waals surface area contributed by atoms with Crippen LogP contribution in [0.25, 0.3) is 0 Å². The van der Waals surface area contributed by atoms with Crippen LogP contribution in [-0.2, 0) is 0 Å². The number of carbonyl (C=O) groups is 1. The van der Waals surface area contributed by atoms with E-state index in [1.165, 1.54) is 5.56 Å². The number of terminal acetylenes is 1. The SMILES string of the molecule is C#CCCCCNC(=O)c1c(C)cc(C)cc1C. The standard InChI is InChI=1S/C16H21NO/c1-5-6-7-8-9-17-16(18)15-13(3)10-12(2)11-14(15)4/h1,10-11H,6-9H2,2-4H3,(H,17,18). The van der Waals surface area contributed by atoms with Crippen LogP contribution in [0, 0.1) is 33.1 Å². The van der Waals surface area contributed by atoms with Gasteiger partial charge < -0.3 is 5.32 Å². The number of hydrogen-bond donors (Lipinski definition) is 1. The van der Waals surface area contributed by atoms with E-state index in [1.807, 2.05) is 32.9 Å². The minimum Gasteiger partial charge on any atom is -0.352 e. The Labute approximate surface area is 110 Å². The normalized spacial score (nSPS) is 9.89. The number of carbonyl (C=O) groups excluding carboxylic acids is 1. The highest BCUT2D eigenvalue weighted by atomic mass is 16.1. The number of aryl methyl sites for hydroxylation is 3. The average molecular weight is 243 g/mol. The van der Waals surface area contributed by atoms with Gasteiger partial charge in [-0.2, -0.15) is 0 Å². The zero-order valence-electron chi connectivity index (χ0n) is 11.5. The molecule has 2 heteroatoms. The number of amides is 1. The van der Waals surface area contributed by atoms with Crippen molar-refractivity contribution >= 4 is 5.91 Å². The van der Waals surface area contributed by atoms with Gasteiger partial charge in [0.2, 0.25) is 0 Å². The van der Waals surface area contributed by atoms with Crippen LogP contribution in [-0.4, -0.2) is 12.5 Å². The number of hydrogen-bond acceptors (Lipinski definition) is 1. The van der Waals surface area contributed by atoms with Gasteiger partial charge in [-0.15, -0.1) is 12.3 Å². The maximum Gasteiger partial charge on any atom is 0.251 e. The zero-order valence-corrected chi connectivity index (χ0v) is 11.5. The van der Waals surface area contributed by atoms with Crippen LogP contribution < -0.4 is 5.32 Å². The first-order valence-corrected chi connectivity index (χ1v) is 6.35. The fourth-order valence-electron chi connectivity index (χ4n) is 2.18. The maximum atomic E-state index is 12.1. The van der Waals surface area contributed by atoms with Gasteiger partial charge in [0.1, 0.15) is 0 Å². The highest BCUT2D eigenvalue weighted by Gasteiger charge is 2.11. The van der Waals surface area contributed by atoms with E-state index in [0.717, 1.165) is 36.0 Å². The second-order valence-corrected chi connectivity index (χ2v) is 4.69. The van der Waals surface area contributed by atoms with Crippen LogP contribution in [0.5, 0.6) is 0 Å². The van der Waals surface area contributed by atoms with E-state index in [-0.39, 0.29) is 5.91 Å². The molecule has 1 N–H and O–H groups in total. The Kier molecular flexibility index (Phi) is 5.45. The van der Waals surface area contributed by atoms with Gasteiger partial charge in [-0.25, -0.2) is 0 Å². The van der Waals surface area contributed by atoms with Crippen molar-refractivity contribution in [3.8, 4) is 12.3 Å². The number of rotatable bonds is 5. The molecule has 18 heavy (non-hydrogen) atoms. The van der Waals surface area contributed by atoms with Gasteiger partial charge in [-0.05, 0) is 44.7 Å². The molecule has 0 aromatic heterocycles. The summed E-state index contributed by atoms with van der Waals surface area (Å²) in [6.07, 6.45) is 7.85. The molecule has 0 radical (unpaired) electrons. The third-order valence-electron chi connectivity index (χ3n) is 2.94. The van der Waals surface area contributed by atoms with Gasteiger partial charge in [-0.3, -0.25) is 4.79 Å². The van der Waals surface area contributed by atoms with E-state index in [4.69, 9.17) is 6.42 Å². The van der Waals surface area contributed by atoms with E-state index in [1.54, 1.807) is 0 Å². The lowest BCUT2D eigenvalue weighted by atomic mass is 9.99. The highest BCUT2D eigenvalue weighted by molar-refractivity contribution is 5.97. The van der Waals surface area contributed by atoms with Crippen molar-refractivity contribution in [2.24, 2.45) is 0 Å². The Balaban J connectivity index is 2.60. The Hall–Kier alpha value is -1.75. The minimum atomic E-state index is 0.0192. The van der Waals surface area contributed by atoms with Crippen molar-refractivity contribution in [3.05, 3.63) is 34.4 Å². The molecule has 0 saturated heterocycles. The molecular weight excluding hydrogens is 222 g/mol. The van der Waals surface area contributed by atoms with E-state index in [2.05, 4.69) is 11.2 Å². The van der Waals surface area contributed by atoms with Crippen LogP contribution in [0.3, 0.4) is 0 Å². The molecule has 0 unspecified atom stereocenters. The van der Waals surface area contributed by atoms with Crippen molar-refractivity contribution < 1.29 is 4.79 Å². The van der Waals surface area contributed by atoms with Gasteiger partial charge in [-0.1, -0.05) is 17.7 Å². The average Bonchev–Trinajstić information content (AvgIpc) is 2.27. The second kappa shape index (κ2) is 6.86. The van der Waals surface area contributed by atoms with Gasteiger partial charge in [0.05, 0.1) is 0 Å². The molecule has 1 aromatic rings. The molecule has 0 spiro atoms. The molecule has 0 aliphatic carbocycles. The third-order valence-corrected chi connectivity index (χ3v) is 2.94. The summed E-state index contributed by atoms with van der Waals surface area (Å²) in [6.45, 7) is 6.69. The number of benzene rings is 1. The van der Waals surface area contributed by atoms with Crippen LogP contribution >= 0.6 is 0 Å². The molecule has 0 atom stereocenters. The lowest BCUT2D eigenvalue weighted by Crippen LogP contribution is -2.26. The summed E-state index contributed by atoms with van der Waals surface area (Å²) in [6, 6.07) is 4.08. The molecule has 0 bridgehead atoms. The molecule has 1 amide bonds. The lowest BCUT2D eigenvalue weighted by Gasteiger charge is -2.11. The van der Waals surface area contributed by atoms with Gasteiger partial charge in [0.25, 0.3) is 5.91 Å². The van der Waals surface area contributed by atoms with Crippen molar-refractivity contribution in [2.45, 2.75) is 40.0 Å². The Morgan fingerprint density at radius 3 is 2.39 bits per heavy atom. The summed E-state index contributed by atoms with van der Waals surface area (Å²) in [5.41, 5.74) is 4.07. The topological polar surface area (TPSA) is 29.1 Å². The molecule has 0 aliphatic rings. The molecule has 0 aliphatic heterocycles. The fourth-order valence-corrected chi connectivity index (χ4v) is 2.18.